The van der Waals surface area contributed by atoms with Gasteiger partial charge in [-0.2, -0.15) is 0 Å². The fourth-order valence-corrected chi connectivity index (χ4v) is 4.58. The number of benzene rings is 2. The van der Waals surface area contributed by atoms with Gasteiger partial charge in [-0.25, -0.2) is 0 Å². The van der Waals surface area contributed by atoms with Gasteiger partial charge in [-0.05, 0) is 68.1 Å². The minimum Gasteiger partial charge on any atom is -0.507 e. The molecule has 0 aliphatic carbocycles. The number of likely N-dealkylation sites (tertiary alicyclic amines) is 1. The molecule has 2 N–H and O–H groups in total. The molecule has 2 aromatic carbocycles. The number of aromatic nitrogens is 2. The Morgan fingerprint density at radius 3 is 2.47 bits per heavy atom. The lowest BCUT2D eigenvalue weighted by molar-refractivity contribution is -0.0710. The summed E-state index contributed by atoms with van der Waals surface area (Å²) in [7, 11) is 0. The SMILES string of the molecule is Cc1ccc(-c2ccc(-c3nnc(N[C@H]4CCCN(C5COC5)C4)cc3C)c(O)c2)cc1. The summed E-state index contributed by atoms with van der Waals surface area (Å²) in [4.78, 5) is 2.52. The summed E-state index contributed by atoms with van der Waals surface area (Å²) in [5.41, 5.74) is 5.67. The van der Waals surface area contributed by atoms with Crippen LogP contribution in [0.5, 0.6) is 5.75 Å². The number of hydrogen-bond acceptors (Lipinski definition) is 6. The van der Waals surface area contributed by atoms with Gasteiger partial charge in [0.05, 0.1) is 24.9 Å². The highest BCUT2D eigenvalue weighted by molar-refractivity contribution is 5.76. The van der Waals surface area contributed by atoms with Crippen LogP contribution in [0, 0.1) is 13.8 Å². The summed E-state index contributed by atoms with van der Waals surface area (Å²) in [6.45, 7) is 7.95. The quantitative estimate of drug-likeness (QED) is 0.625. The van der Waals surface area contributed by atoms with Crippen LogP contribution >= 0.6 is 0 Å². The zero-order valence-electron chi connectivity index (χ0n) is 18.7. The summed E-state index contributed by atoms with van der Waals surface area (Å²) in [6.07, 6.45) is 2.31. The van der Waals surface area contributed by atoms with E-state index >= 15 is 0 Å². The third kappa shape index (κ3) is 4.33. The highest BCUT2D eigenvalue weighted by Crippen LogP contribution is 2.34. The lowest BCUT2D eigenvalue weighted by atomic mass is 9.99. The smallest absolute Gasteiger partial charge is 0.149 e. The van der Waals surface area contributed by atoms with E-state index in [1.807, 2.05) is 25.1 Å². The van der Waals surface area contributed by atoms with E-state index in [1.54, 1.807) is 6.07 Å². The van der Waals surface area contributed by atoms with Gasteiger partial charge in [0.15, 0.2) is 0 Å². The van der Waals surface area contributed by atoms with Crippen LogP contribution in [-0.2, 0) is 4.74 Å². The summed E-state index contributed by atoms with van der Waals surface area (Å²) >= 11 is 0. The Labute approximate surface area is 189 Å². The largest absolute Gasteiger partial charge is 0.507 e. The van der Waals surface area contributed by atoms with Gasteiger partial charge < -0.3 is 15.2 Å². The highest BCUT2D eigenvalue weighted by Gasteiger charge is 2.30. The number of anilines is 1. The predicted molar refractivity (Wildman–Crippen MR) is 127 cm³/mol. The van der Waals surface area contributed by atoms with E-state index in [0.29, 0.717) is 23.3 Å². The lowest BCUT2D eigenvalue weighted by Gasteiger charge is -2.42. The van der Waals surface area contributed by atoms with Crippen molar-refractivity contribution in [2.75, 3.05) is 31.6 Å². The lowest BCUT2D eigenvalue weighted by Crippen LogP contribution is -2.54. The van der Waals surface area contributed by atoms with Crippen LogP contribution in [0.2, 0.25) is 0 Å². The molecule has 5 rings (SSSR count). The number of hydrogen-bond donors (Lipinski definition) is 2. The Morgan fingerprint density at radius 2 is 1.78 bits per heavy atom. The Hall–Kier alpha value is -2.96. The van der Waals surface area contributed by atoms with Crippen molar-refractivity contribution in [2.45, 2.75) is 38.8 Å². The zero-order valence-corrected chi connectivity index (χ0v) is 18.7. The molecule has 0 amide bonds. The molecule has 3 aromatic rings. The van der Waals surface area contributed by atoms with E-state index < -0.39 is 0 Å². The van der Waals surface area contributed by atoms with E-state index in [-0.39, 0.29) is 5.75 Å². The van der Waals surface area contributed by atoms with Crippen LogP contribution in [0.1, 0.15) is 24.0 Å². The second-order valence-electron chi connectivity index (χ2n) is 9.03. The average molecular weight is 431 g/mol. The normalized spacial score (nSPS) is 19.5. The number of phenols is 1. The molecule has 0 saturated carbocycles. The zero-order chi connectivity index (χ0) is 22.1. The molecule has 0 unspecified atom stereocenters. The Kier molecular flexibility index (Phi) is 5.81. The Bertz CT molecular complexity index is 1100. The second kappa shape index (κ2) is 8.88. The molecular formula is C26H30N4O2. The Balaban J connectivity index is 1.31. The van der Waals surface area contributed by atoms with Gasteiger partial charge in [0.2, 0.25) is 0 Å². The second-order valence-corrected chi connectivity index (χ2v) is 9.03. The number of phenolic OH excluding ortho intramolecular Hbond substituents is 1. The first-order valence-corrected chi connectivity index (χ1v) is 11.4. The number of aromatic hydroxyl groups is 1. The third-order valence-corrected chi connectivity index (χ3v) is 6.56. The van der Waals surface area contributed by atoms with Crippen molar-refractivity contribution in [3.63, 3.8) is 0 Å². The first kappa shape index (κ1) is 20.9. The molecule has 3 heterocycles. The molecule has 6 nitrogen and oxygen atoms in total. The number of nitrogens with one attached hydrogen (secondary N) is 1. The van der Waals surface area contributed by atoms with Gasteiger partial charge >= 0.3 is 0 Å². The van der Waals surface area contributed by atoms with Gasteiger partial charge in [0.1, 0.15) is 11.6 Å². The maximum absolute atomic E-state index is 10.7. The summed E-state index contributed by atoms with van der Waals surface area (Å²) in [5.74, 6) is 1.01. The molecule has 32 heavy (non-hydrogen) atoms. The number of nitrogens with zero attached hydrogens (tertiary/aromatic N) is 3. The standard InChI is InChI=1S/C26H30N4O2/c1-17-5-7-19(8-6-17)20-9-10-23(24(31)13-20)26-18(2)12-25(28-29-26)27-21-4-3-11-30(14-21)22-15-32-16-22/h5-10,12-13,21-22,31H,3-4,11,14-16H2,1-2H3,(H,27,28)/t21-/m0/s1. The van der Waals surface area contributed by atoms with Crippen molar-refractivity contribution in [2.24, 2.45) is 0 Å². The van der Waals surface area contributed by atoms with Crippen molar-refractivity contribution < 1.29 is 9.84 Å². The molecule has 166 valence electrons. The maximum Gasteiger partial charge on any atom is 0.149 e. The summed E-state index contributed by atoms with van der Waals surface area (Å²) < 4.78 is 5.35. The van der Waals surface area contributed by atoms with Crippen molar-refractivity contribution in [1.29, 1.82) is 0 Å². The number of ether oxygens (including phenoxy) is 1. The van der Waals surface area contributed by atoms with Gasteiger partial charge in [0.25, 0.3) is 0 Å². The van der Waals surface area contributed by atoms with E-state index in [9.17, 15) is 5.11 Å². The van der Waals surface area contributed by atoms with E-state index in [2.05, 4.69) is 51.6 Å². The molecule has 2 aliphatic rings. The van der Waals surface area contributed by atoms with Crippen molar-refractivity contribution >= 4 is 5.82 Å². The molecule has 2 fully saturated rings. The summed E-state index contributed by atoms with van der Waals surface area (Å²) in [6, 6.07) is 17.0. The summed E-state index contributed by atoms with van der Waals surface area (Å²) in [5, 5.41) is 23.2. The van der Waals surface area contributed by atoms with E-state index in [4.69, 9.17) is 4.74 Å². The first-order valence-electron chi connectivity index (χ1n) is 11.4. The number of rotatable bonds is 5. The predicted octanol–water partition coefficient (Wildman–Crippen LogP) is 4.41. The molecule has 2 aliphatic heterocycles. The van der Waals surface area contributed by atoms with Gasteiger partial charge in [-0.3, -0.25) is 4.90 Å². The first-order chi connectivity index (χ1) is 15.6. The van der Waals surface area contributed by atoms with Gasteiger partial charge in [-0.15, -0.1) is 10.2 Å². The fraction of sp³-hybridized carbons (Fsp3) is 0.385. The minimum atomic E-state index is 0.215. The molecule has 6 heteroatoms. The van der Waals surface area contributed by atoms with Crippen molar-refractivity contribution in [3.8, 4) is 28.1 Å². The topological polar surface area (TPSA) is 70.5 Å². The van der Waals surface area contributed by atoms with Gasteiger partial charge in [0, 0.05) is 18.2 Å². The van der Waals surface area contributed by atoms with Crippen molar-refractivity contribution in [3.05, 3.63) is 59.7 Å². The highest BCUT2D eigenvalue weighted by atomic mass is 16.5. The Morgan fingerprint density at radius 1 is 1.00 bits per heavy atom. The molecule has 1 aromatic heterocycles. The van der Waals surface area contributed by atoms with Crippen LogP contribution in [0.4, 0.5) is 5.82 Å². The van der Waals surface area contributed by atoms with Crippen LogP contribution in [0.25, 0.3) is 22.4 Å². The monoisotopic (exact) mass is 430 g/mol. The van der Waals surface area contributed by atoms with Crippen LogP contribution in [0.15, 0.2) is 48.5 Å². The molecule has 2 saturated heterocycles. The number of piperidine rings is 1. The van der Waals surface area contributed by atoms with Crippen LogP contribution in [0.3, 0.4) is 0 Å². The molecule has 0 spiro atoms. The van der Waals surface area contributed by atoms with Crippen LogP contribution in [-0.4, -0.2) is 58.6 Å². The van der Waals surface area contributed by atoms with E-state index in [1.165, 1.54) is 12.0 Å². The minimum absolute atomic E-state index is 0.215. The van der Waals surface area contributed by atoms with E-state index in [0.717, 1.165) is 55.2 Å². The molecule has 0 radical (unpaired) electrons. The molecular weight excluding hydrogens is 400 g/mol. The fourth-order valence-electron chi connectivity index (χ4n) is 4.58. The molecule has 1 atom stereocenters. The van der Waals surface area contributed by atoms with Crippen LogP contribution < -0.4 is 5.32 Å². The number of aryl methyl sites for hydroxylation is 2. The van der Waals surface area contributed by atoms with Gasteiger partial charge in [-0.1, -0.05) is 35.9 Å². The molecule has 0 bridgehead atoms. The van der Waals surface area contributed by atoms with Crippen molar-refractivity contribution in [1.82, 2.24) is 15.1 Å². The third-order valence-electron chi connectivity index (χ3n) is 6.56. The average Bonchev–Trinajstić information content (AvgIpc) is 2.74. The maximum atomic E-state index is 10.7.